The molecule has 96 valence electrons. The number of pyridine rings is 1. The van der Waals surface area contributed by atoms with Crippen molar-refractivity contribution in [2.24, 2.45) is 5.92 Å². The Balaban J connectivity index is 2.02. The molecule has 1 aliphatic rings. The predicted molar refractivity (Wildman–Crippen MR) is 73.9 cm³/mol. The van der Waals surface area contributed by atoms with Crippen LogP contribution < -0.4 is 0 Å². The molecule has 1 atom stereocenters. The first-order valence-electron chi connectivity index (χ1n) is 6.62. The Labute approximate surface area is 112 Å². The molecule has 1 saturated carbocycles. The summed E-state index contributed by atoms with van der Waals surface area (Å²) < 4.78 is 2.20. The third kappa shape index (κ3) is 2.24. The van der Waals surface area contributed by atoms with E-state index in [1.54, 1.807) is 0 Å². The van der Waals surface area contributed by atoms with Crippen molar-refractivity contribution in [2.45, 2.75) is 45.0 Å². The fraction of sp³-hybridized carbons (Fsp3) is 0.571. The van der Waals surface area contributed by atoms with E-state index in [4.69, 9.17) is 11.6 Å². The van der Waals surface area contributed by atoms with Crippen molar-refractivity contribution in [3.8, 4) is 0 Å². The van der Waals surface area contributed by atoms with E-state index in [0.717, 1.165) is 35.0 Å². The molecule has 4 heteroatoms. The normalized spacial score (nSPS) is 17.3. The van der Waals surface area contributed by atoms with E-state index in [-0.39, 0.29) is 5.38 Å². The lowest BCUT2D eigenvalue weighted by Crippen LogP contribution is -2.06. The van der Waals surface area contributed by atoms with Gasteiger partial charge in [0, 0.05) is 12.7 Å². The molecule has 0 N–H and O–H groups in total. The maximum Gasteiger partial charge on any atom is 0.160 e. The van der Waals surface area contributed by atoms with Gasteiger partial charge in [-0.15, -0.1) is 11.6 Å². The highest BCUT2D eigenvalue weighted by molar-refractivity contribution is 6.20. The van der Waals surface area contributed by atoms with Crippen LogP contribution in [0.2, 0.25) is 0 Å². The molecule has 18 heavy (non-hydrogen) atoms. The molecular formula is C14H18ClN3. The highest BCUT2D eigenvalue weighted by Crippen LogP contribution is 2.34. The van der Waals surface area contributed by atoms with Gasteiger partial charge in [-0.25, -0.2) is 9.97 Å². The van der Waals surface area contributed by atoms with Crippen molar-refractivity contribution < 1.29 is 0 Å². The Hall–Kier alpha value is -1.09. The highest BCUT2D eigenvalue weighted by atomic mass is 35.5. The number of halogens is 1. The topological polar surface area (TPSA) is 30.7 Å². The van der Waals surface area contributed by atoms with Gasteiger partial charge in [0.15, 0.2) is 5.65 Å². The number of hydrogen-bond donors (Lipinski definition) is 0. The van der Waals surface area contributed by atoms with E-state index in [9.17, 15) is 0 Å². The summed E-state index contributed by atoms with van der Waals surface area (Å²) >= 11 is 6.24. The van der Waals surface area contributed by atoms with Crippen LogP contribution in [0.15, 0.2) is 12.3 Å². The van der Waals surface area contributed by atoms with E-state index in [1.807, 2.05) is 20.0 Å². The van der Waals surface area contributed by atoms with Crippen molar-refractivity contribution in [3.63, 3.8) is 0 Å². The average Bonchev–Trinajstić information content (AvgIpc) is 3.07. The number of hydrogen-bond acceptors (Lipinski definition) is 2. The largest absolute Gasteiger partial charge is 0.311 e. The lowest BCUT2D eigenvalue weighted by molar-refractivity contribution is 0.582. The zero-order valence-electron chi connectivity index (χ0n) is 10.9. The minimum absolute atomic E-state index is 0.0706. The van der Waals surface area contributed by atoms with Crippen LogP contribution in [0.4, 0.5) is 0 Å². The molecule has 2 aromatic rings. The summed E-state index contributed by atoms with van der Waals surface area (Å²) in [7, 11) is 0. The summed E-state index contributed by atoms with van der Waals surface area (Å²) in [5, 5.41) is -0.0706. The monoisotopic (exact) mass is 263 g/mol. The fourth-order valence-corrected chi connectivity index (χ4v) is 2.54. The second-order valence-electron chi connectivity index (χ2n) is 5.33. The van der Waals surface area contributed by atoms with Crippen molar-refractivity contribution >= 4 is 22.8 Å². The minimum Gasteiger partial charge on any atom is -0.311 e. The number of rotatable bonds is 4. The first-order valence-corrected chi connectivity index (χ1v) is 7.05. The second-order valence-corrected chi connectivity index (χ2v) is 5.98. The molecule has 0 aromatic carbocycles. The van der Waals surface area contributed by atoms with Crippen LogP contribution in [0.5, 0.6) is 0 Å². The summed E-state index contributed by atoms with van der Waals surface area (Å²) in [6.07, 6.45) is 5.88. The molecule has 1 fully saturated rings. The molecule has 0 aliphatic heterocycles. The smallest absolute Gasteiger partial charge is 0.160 e. The van der Waals surface area contributed by atoms with E-state index in [2.05, 4.69) is 20.6 Å². The zero-order chi connectivity index (χ0) is 12.7. The molecule has 3 nitrogen and oxygen atoms in total. The molecule has 3 rings (SSSR count). The molecule has 0 amide bonds. The van der Waals surface area contributed by atoms with Gasteiger partial charge >= 0.3 is 0 Å². The van der Waals surface area contributed by atoms with Crippen molar-refractivity contribution in [1.82, 2.24) is 14.5 Å². The molecular weight excluding hydrogens is 246 g/mol. The van der Waals surface area contributed by atoms with Gasteiger partial charge < -0.3 is 4.57 Å². The van der Waals surface area contributed by atoms with Gasteiger partial charge in [0.1, 0.15) is 11.3 Å². The molecule has 0 bridgehead atoms. The molecule has 2 aromatic heterocycles. The van der Waals surface area contributed by atoms with Gasteiger partial charge in [0.25, 0.3) is 0 Å². The summed E-state index contributed by atoms with van der Waals surface area (Å²) in [5.41, 5.74) is 3.08. The number of aryl methyl sites for hydroxylation is 2. The number of fused-ring (bicyclic) bond motifs is 1. The van der Waals surface area contributed by atoms with Crippen molar-refractivity contribution in [3.05, 3.63) is 23.7 Å². The number of nitrogens with zero attached hydrogens (tertiary/aromatic N) is 3. The van der Waals surface area contributed by atoms with Crippen LogP contribution in [0.3, 0.4) is 0 Å². The predicted octanol–water partition coefficient (Wildman–Crippen LogP) is 3.84. The SMILES string of the molecule is Cc1cnc2c(c1)nc(C(C)Cl)n2CCC1CC1. The number of aromatic nitrogens is 3. The second kappa shape index (κ2) is 4.54. The Morgan fingerprint density at radius 2 is 2.28 bits per heavy atom. The van der Waals surface area contributed by atoms with Crippen LogP contribution in [-0.4, -0.2) is 14.5 Å². The Kier molecular flexibility index (Phi) is 3.02. The lowest BCUT2D eigenvalue weighted by atomic mass is 10.3. The van der Waals surface area contributed by atoms with E-state index < -0.39 is 0 Å². The minimum atomic E-state index is -0.0706. The summed E-state index contributed by atoms with van der Waals surface area (Å²) in [6.45, 7) is 5.01. The van der Waals surface area contributed by atoms with Crippen LogP contribution in [0.1, 0.15) is 43.0 Å². The van der Waals surface area contributed by atoms with Crippen molar-refractivity contribution in [1.29, 1.82) is 0 Å². The standard InChI is InChI=1S/C14H18ClN3/c1-9-7-12-14(16-8-9)18(6-5-11-3-4-11)13(17-12)10(2)15/h7-8,10-11H,3-6H2,1-2H3. The fourth-order valence-electron chi connectivity index (χ4n) is 2.37. The van der Waals surface area contributed by atoms with Crippen molar-refractivity contribution in [2.75, 3.05) is 0 Å². The van der Waals surface area contributed by atoms with E-state index >= 15 is 0 Å². The maximum atomic E-state index is 6.24. The van der Waals surface area contributed by atoms with Crippen LogP contribution in [0, 0.1) is 12.8 Å². The van der Waals surface area contributed by atoms with Gasteiger partial charge in [0.05, 0.1) is 5.38 Å². The summed E-state index contributed by atoms with van der Waals surface area (Å²) in [4.78, 5) is 9.16. The van der Waals surface area contributed by atoms with Gasteiger partial charge in [-0.05, 0) is 37.8 Å². The van der Waals surface area contributed by atoms with E-state index in [1.165, 1.54) is 19.3 Å². The van der Waals surface area contributed by atoms with Gasteiger partial charge in [-0.1, -0.05) is 12.8 Å². The Bertz CT molecular complexity index is 570. The third-order valence-electron chi connectivity index (χ3n) is 3.56. The Morgan fingerprint density at radius 1 is 1.50 bits per heavy atom. The Morgan fingerprint density at radius 3 is 2.94 bits per heavy atom. The quantitative estimate of drug-likeness (QED) is 0.785. The highest BCUT2D eigenvalue weighted by Gasteiger charge is 2.23. The molecule has 0 radical (unpaired) electrons. The molecule has 1 unspecified atom stereocenters. The van der Waals surface area contributed by atoms with Gasteiger partial charge in [-0.2, -0.15) is 0 Å². The van der Waals surface area contributed by atoms with Crippen LogP contribution in [-0.2, 0) is 6.54 Å². The zero-order valence-corrected chi connectivity index (χ0v) is 11.6. The first kappa shape index (κ1) is 12.0. The van der Waals surface area contributed by atoms with Crippen LogP contribution in [0.25, 0.3) is 11.2 Å². The molecule has 1 aliphatic carbocycles. The molecule has 0 spiro atoms. The summed E-state index contributed by atoms with van der Waals surface area (Å²) in [5.74, 6) is 1.86. The first-order chi connectivity index (χ1) is 8.65. The lowest BCUT2D eigenvalue weighted by Gasteiger charge is -2.09. The van der Waals surface area contributed by atoms with Crippen LogP contribution >= 0.6 is 11.6 Å². The number of alkyl halides is 1. The van der Waals surface area contributed by atoms with E-state index in [0.29, 0.717) is 0 Å². The van der Waals surface area contributed by atoms with Gasteiger partial charge in [-0.3, -0.25) is 0 Å². The maximum absolute atomic E-state index is 6.24. The molecule has 2 heterocycles. The average molecular weight is 264 g/mol. The third-order valence-corrected chi connectivity index (χ3v) is 3.76. The number of imidazole rings is 1. The summed E-state index contributed by atoms with van der Waals surface area (Å²) in [6, 6.07) is 2.08. The molecule has 0 saturated heterocycles. The van der Waals surface area contributed by atoms with Gasteiger partial charge in [0.2, 0.25) is 0 Å².